The number of carbonyl (C=O) groups is 1. The standard InChI is InChI=1S/C46H54N7O6P/c1-33(2)53(34(3)4)60(57-27-17-26-47)59-39-28-41(52-29-35(24-25-42(54)55-7)43-44(50-32-51(5)6)48-31-49-45(43)52)58-40(39)30-56-46(36-18-11-8-12-19-36,37-20-13-9-14-21-37)38-22-15-10-16-23-38/h8-16,18-25,29,31-34,39-41H,17,27-28,30H2,1-7H3/b25-24+,50-32+/t39-,40+,41+,60?/m0/s1. The van der Waals surface area contributed by atoms with Crippen molar-refractivity contribution in [2.75, 3.05) is 34.4 Å². The van der Waals surface area contributed by atoms with Crippen LogP contribution in [0.1, 0.15) is 69.0 Å². The molecule has 6 rings (SSSR count). The van der Waals surface area contributed by atoms with Gasteiger partial charge in [-0.15, -0.1) is 0 Å². The number of ether oxygens (including phenoxy) is 3. The van der Waals surface area contributed by atoms with E-state index in [9.17, 15) is 10.1 Å². The summed E-state index contributed by atoms with van der Waals surface area (Å²) in [7, 11) is 3.44. The quantitative estimate of drug-likeness (QED) is 0.0150. The van der Waals surface area contributed by atoms with E-state index in [0.29, 0.717) is 28.8 Å². The number of esters is 1. The molecule has 0 N–H and O–H groups in total. The van der Waals surface area contributed by atoms with Crippen LogP contribution < -0.4 is 0 Å². The van der Waals surface area contributed by atoms with Gasteiger partial charge in [0.2, 0.25) is 0 Å². The van der Waals surface area contributed by atoms with Crippen molar-refractivity contribution >= 4 is 43.8 Å². The minimum atomic E-state index is -1.65. The predicted octanol–water partition coefficient (Wildman–Crippen LogP) is 8.80. The van der Waals surface area contributed by atoms with Crippen LogP contribution in [-0.4, -0.2) is 95.1 Å². The number of nitrogens with zero attached hydrogens (tertiary/aromatic N) is 7. The number of rotatable bonds is 19. The topological polar surface area (TPSA) is 137 Å². The summed E-state index contributed by atoms with van der Waals surface area (Å²) >= 11 is 0. The molecule has 314 valence electrons. The second kappa shape index (κ2) is 20.8. The number of methoxy groups -OCH3 is 1. The van der Waals surface area contributed by atoms with Crippen LogP contribution in [0.2, 0.25) is 0 Å². The molecular weight excluding hydrogens is 778 g/mol. The van der Waals surface area contributed by atoms with E-state index in [-0.39, 0.29) is 31.7 Å². The number of aliphatic imine (C=N–C) groups is 1. The fraction of sp³-hybridized carbons (Fsp3) is 0.370. The van der Waals surface area contributed by atoms with Crippen LogP contribution in [0.25, 0.3) is 17.1 Å². The molecular formula is C46H54N7O6P. The van der Waals surface area contributed by atoms with Crippen molar-refractivity contribution in [3.63, 3.8) is 0 Å². The highest BCUT2D eigenvalue weighted by Gasteiger charge is 2.45. The number of aromatic nitrogens is 3. The number of fused-ring (bicyclic) bond motifs is 1. The van der Waals surface area contributed by atoms with Gasteiger partial charge in [0.15, 0.2) is 5.82 Å². The Labute approximate surface area is 354 Å². The Hall–Kier alpha value is -5.32. The molecule has 3 aromatic carbocycles. The highest BCUT2D eigenvalue weighted by atomic mass is 31.2. The van der Waals surface area contributed by atoms with Crippen molar-refractivity contribution in [1.82, 2.24) is 24.1 Å². The first kappa shape index (κ1) is 44.2. The van der Waals surface area contributed by atoms with Gasteiger partial charge in [-0.05, 0) is 50.5 Å². The smallest absolute Gasteiger partial charge is 0.330 e. The maximum atomic E-state index is 12.3. The Morgan fingerprint density at radius 1 is 0.983 bits per heavy atom. The highest BCUT2D eigenvalue weighted by molar-refractivity contribution is 7.44. The molecule has 0 spiro atoms. The van der Waals surface area contributed by atoms with Crippen LogP contribution in [0, 0.1) is 11.3 Å². The van der Waals surface area contributed by atoms with E-state index in [1.807, 2.05) is 84.4 Å². The monoisotopic (exact) mass is 831 g/mol. The van der Waals surface area contributed by atoms with E-state index in [0.717, 1.165) is 16.7 Å². The zero-order valence-electron chi connectivity index (χ0n) is 35.3. The van der Waals surface area contributed by atoms with Crippen molar-refractivity contribution in [1.29, 1.82) is 5.26 Å². The third-order valence-electron chi connectivity index (χ3n) is 10.0. The van der Waals surface area contributed by atoms with Crippen LogP contribution in [-0.2, 0) is 33.7 Å². The normalized spacial score (nSPS) is 17.6. The van der Waals surface area contributed by atoms with Gasteiger partial charge in [-0.25, -0.2) is 24.4 Å². The maximum Gasteiger partial charge on any atom is 0.330 e. The van der Waals surface area contributed by atoms with Crippen molar-refractivity contribution in [2.24, 2.45) is 4.99 Å². The largest absolute Gasteiger partial charge is 0.466 e. The second-order valence-electron chi connectivity index (χ2n) is 15.1. The van der Waals surface area contributed by atoms with Gasteiger partial charge in [0.1, 0.15) is 29.9 Å². The third-order valence-corrected chi connectivity index (χ3v) is 12.2. The van der Waals surface area contributed by atoms with Crippen LogP contribution in [0.5, 0.6) is 0 Å². The van der Waals surface area contributed by atoms with E-state index >= 15 is 0 Å². The van der Waals surface area contributed by atoms with Gasteiger partial charge >= 0.3 is 5.97 Å². The molecule has 1 fully saturated rings. The molecule has 1 unspecified atom stereocenters. The zero-order chi connectivity index (χ0) is 42.6. The average molecular weight is 832 g/mol. The van der Waals surface area contributed by atoms with Crippen molar-refractivity contribution in [2.45, 2.75) is 76.7 Å². The molecule has 0 bridgehead atoms. The summed E-state index contributed by atoms with van der Waals surface area (Å²) in [4.78, 5) is 28.0. The molecule has 1 aliphatic heterocycles. The average Bonchev–Trinajstić information content (AvgIpc) is 3.84. The summed E-state index contributed by atoms with van der Waals surface area (Å²) in [6.07, 6.45) is 6.97. The number of benzene rings is 3. The first-order chi connectivity index (χ1) is 29.1. The molecule has 0 amide bonds. The number of hydrogen-bond donors (Lipinski definition) is 0. The van der Waals surface area contributed by atoms with Crippen molar-refractivity contribution in [3.8, 4) is 6.07 Å². The van der Waals surface area contributed by atoms with Crippen LogP contribution in [0.3, 0.4) is 0 Å². The Morgan fingerprint density at radius 2 is 1.58 bits per heavy atom. The van der Waals surface area contributed by atoms with Gasteiger partial charge in [0.05, 0.1) is 50.6 Å². The summed E-state index contributed by atoms with van der Waals surface area (Å²) in [6.45, 7) is 8.80. The van der Waals surface area contributed by atoms with Crippen molar-refractivity contribution in [3.05, 3.63) is 132 Å². The number of nitriles is 1. The van der Waals surface area contributed by atoms with Crippen molar-refractivity contribution < 1.29 is 28.1 Å². The molecule has 1 aliphatic rings. The van der Waals surface area contributed by atoms with Gasteiger partial charge in [-0.3, -0.25) is 0 Å². The van der Waals surface area contributed by atoms with Crippen LogP contribution in [0.4, 0.5) is 5.82 Å². The fourth-order valence-corrected chi connectivity index (χ4v) is 9.21. The summed E-state index contributed by atoms with van der Waals surface area (Å²) in [6, 6.07) is 33.0. The third kappa shape index (κ3) is 10.2. The van der Waals surface area contributed by atoms with Gasteiger partial charge in [-0.1, -0.05) is 91.0 Å². The Kier molecular flexibility index (Phi) is 15.3. The minimum absolute atomic E-state index is 0.0864. The summed E-state index contributed by atoms with van der Waals surface area (Å²) in [5, 5.41) is 10.1. The zero-order valence-corrected chi connectivity index (χ0v) is 36.2. The molecule has 0 saturated carbocycles. The molecule has 5 aromatic rings. The van der Waals surface area contributed by atoms with E-state index in [2.05, 4.69) is 84.8 Å². The van der Waals surface area contributed by atoms with Gasteiger partial charge in [-0.2, -0.15) is 5.26 Å². The highest BCUT2D eigenvalue weighted by Crippen LogP contribution is 2.51. The molecule has 13 nitrogen and oxygen atoms in total. The molecule has 4 atom stereocenters. The summed E-state index contributed by atoms with van der Waals surface area (Å²) < 4.78 is 37.0. The molecule has 0 aliphatic carbocycles. The predicted molar refractivity (Wildman–Crippen MR) is 234 cm³/mol. The molecule has 1 saturated heterocycles. The molecule has 60 heavy (non-hydrogen) atoms. The molecule has 3 heterocycles. The number of hydrogen-bond acceptors (Lipinski definition) is 11. The Bertz CT molecular complexity index is 2140. The van der Waals surface area contributed by atoms with Gasteiger partial charge < -0.3 is 32.7 Å². The number of carbonyl (C=O) groups excluding carboxylic acids is 1. The van der Waals surface area contributed by atoms with Gasteiger partial charge in [0, 0.05) is 50.4 Å². The van der Waals surface area contributed by atoms with Gasteiger partial charge in [0.25, 0.3) is 8.53 Å². The summed E-state index contributed by atoms with van der Waals surface area (Å²) in [5.74, 6) is -0.0721. The first-order valence-corrected chi connectivity index (χ1v) is 21.2. The first-order valence-electron chi connectivity index (χ1n) is 20.1. The maximum absolute atomic E-state index is 12.3. The van der Waals surface area contributed by atoms with Crippen LogP contribution in [0.15, 0.2) is 115 Å². The summed E-state index contributed by atoms with van der Waals surface area (Å²) in [5.41, 5.74) is 3.10. The van der Waals surface area contributed by atoms with E-state index in [1.54, 1.807) is 12.4 Å². The fourth-order valence-electron chi connectivity index (χ4n) is 7.45. The van der Waals surface area contributed by atoms with E-state index < -0.39 is 38.5 Å². The van der Waals surface area contributed by atoms with E-state index in [4.69, 9.17) is 28.2 Å². The minimum Gasteiger partial charge on any atom is -0.466 e. The second-order valence-corrected chi connectivity index (χ2v) is 16.5. The lowest BCUT2D eigenvalue weighted by Gasteiger charge is -2.39. The lowest BCUT2D eigenvalue weighted by atomic mass is 9.80. The Morgan fingerprint density at radius 3 is 2.12 bits per heavy atom. The molecule has 0 radical (unpaired) electrons. The molecule has 14 heteroatoms. The Balaban J connectivity index is 1.47. The van der Waals surface area contributed by atoms with Crippen LogP contribution >= 0.6 is 8.53 Å². The lowest BCUT2D eigenvalue weighted by Crippen LogP contribution is -2.39. The lowest BCUT2D eigenvalue weighted by molar-refractivity contribution is -0.134. The van der Waals surface area contributed by atoms with E-state index in [1.165, 1.54) is 19.5 Å². The molecule has 2 aromatic heterocycles. The SMILES string of the molecule is COC(=O)/C=C/c1cn([C@H]2C[C@H](OP(OCCC#N)N(C(C)C)C(C)C)[C@@H](COC(c3ccccc3)(c3ccccc3)c3ccccc3)O2)c2ncnc(/N=C/N(C)C)c12.